The second-order valence-electron chi connectivity index (χ2n) is 7.74. The van der Waals surface area contributed by atoms with Crippen LogP contribution in [-0.4, -0.2) is 16.1 Å². The summed E-state index contributed by atoms with van der Waals surface area (Å²) in [6.07, 6.45) is 0. The van der Waals surface area contributed by atoms with Crippen molar-refractivity contribution in [2.45, 2.75) is 11.3 Å². The summed E-state index contributed by atoms with van der Waals surface area (Å²) in [5.41, 5.74) is 5.01. The monoisotopic (exact) mass is 467 g/mol. The molecule has 0 amide bonds. The molecule has 1 heterocycles. The number of aliphatic imine (C=N–C) groups is 1. The molecule has 5 heteroatoms. The molecule has 162 valence electrons. The number of rotatable bonds is 5. The van der Waals surface area contributed by atoms with Crippen LogP contribution in [0.15, 0.2) is 120 Å². The molecule has 1 fully saturated rings. The lowest BCUT2D eigenvalue weighted by molar-refractivity contribution is 0.775. The minimum Gasteiger partial charge on any atom is -0.312 e. The third-order valence-corrected chi connectivity index (χ3v) is 7.02. The molecule has 3 nitrogen and oxygen atoms in total. The molecule has 4 aromatic rings. The first kappa shape index (κ1) is 21.5. The minimum atomic E-state index is -0.0902. The highest BCUT2D eigenvalue weighted by Crippen LogP contribution is 2.46. The number of anilines is 1. The van der Waals surface area contributed by atoms with Crippen LogP contribution in [0.5, 0.6) is 0 Å². The second kappa shape index (κ2) is 9.65. The van der Waals surface area contributed by atoms with Crippen molar-refractivity contribution in [3.63, 3.8) is 0 Å². The Balaban J connectivity index is 1.67. The number of hydrogen-bond donors (Lipinski definition) is 1. The summed E-state index contributed by atoms with van der Waals surface area (Å²) >= 11 is 7.70. The van der Waals surface area contributed by atoms with Gasteiger partial charge in [0, 0.05) is 10.7 Å². The van der Waals surface area contributed by atoms with Gasteiger partial charge in [-0.3, -0.25) is 10.4 Å². The van der Waals surface area contributed by atoms with Crippen molar-refractivity contribution >= 4 is 45.6 Å². The Labute approximate surface area is 203 Å². The molecule has 0 radical (unpaired) electrons. The summed E-state index contributed by atoms with van der Waals surface area (Å²) in [6.45, 7) is 0. The molecule has 2 atom stereocenters. The lowest BCUT2D eigenvalue weighted by Gasteiger charge is -2.29. The summed E-state index contributed by atoms with van der Waals surface area (Å²) in [5, 5.41) is 10.0. The molecule has 0 spiro atoms. The van der Waals surface area contributed by atoms with E-state index in [4.69, 9.17) is 22.0 Å². The predicted molar refractivity (Wildman–Crippen MR) is 141 cm³/mol. The van der Waals surface area contributed by atoms with Crippen molar-refractivity contribution in [2.75, 3.05) is 4.90 Å². The Morgan fingerprint density at radius 1 is 0.758 bits per heavy atom. The summed E-state index contributed by atoms with van der Waals surface area (Å²) in [6, 6.07) is 38.3. The van der Waals surface area contributed by atoms with Crippen LogP contribution in [-0.2, 0) is 0 Å². The maximum atomic E-state index is 8.94. The van der Waals surface area contributed by atoms with E-state index in [2.05, 4.69) is 41.3 Å². The van der Waals surface area contributed by atoms with Gasteiger partial charge in [0.15, 0.2) is 5.17 Å². The molecular weight excluding hydrogens is 446 g/mol. The molecule has 0 aromatic heterocycles. The van der Waals surface area contributed by atoms with Crippen LogP contribution in [0.25, 0.3) is 0 Å². The molecule has 1 saturated heterocycles. The van der Waals surface area contributed by atoms with Gasteiger partial charge in [0.2, 0.25) is 0 Å². The fourth-order valence-electron chi connectivity index (χ4n) is 4.11. The zero-order valence-electron chi connectivity index (χ0n) is 17.8. The van der Waals surface area contributed by atoms with E-state index in [9.17, 15) is 0 Å². The average Bonchev–Trinajstić information content (AvgIpc) is 3.21. The lowest BCUT2D eigenvalue weighted by Crippen LogP contribution is -2.33. The van der Waals surface area contributed by atoms with Crippen LogP contribution in [0, 0.1) is 5.41 Å². The standard InChI is InChI=1S/C28H22ClN3S/c29-22-16-18-24(19-17-22)32-26(21-12-6-2-7-13-21)27(33-28(32)30)25(20-10-4-1-5-11-20)31-23-14-8-3-9-15-23/h1-19,26-27,30H/t26-,27+/m0/s1. The average molecular weight is 468 g/mol. The summed E-state index contributed by atoms with van der Waals surface area (Å²) < 4.78 is 0. The minimum absolute atomic E-state index is 0.0711. The second-order valence-corrected chi connectivity index (χ2v) is 9.31. The van der Waals surface area contributed by atoms with E-state index in [1.54, 1.807) is 11.8 Å². The van der Waals surface area contributed by atoms with E-state index in [0.29, 0.717) is 10.2 Å². The molecule has 0 unspecified atom stereocenters. The molecule has 1 N–H and O–H groups in total. The number of amidine groups is 1. The Hall–Kier alpha value is -3.34. The zero-order chi connectivity index (χ0) is 22.6. The smallest absolute Gasteiger partial charge is 0.162 e. The van der Waals surface area contributed by atoms with E-state index in [0.717, 1.165) is 28.2 Å². The number of hydrogen-bond acceptors (Lipinski definition) is 3. The SMILES string of the molecule is N=C1S[C@H](C(=Nc2ccccc2)c2ccccc2)[C@H](c2ccccc2)N1c1ccc(Cl)cc1. The Bertz CT molecular complexity index is 1260. The topological polar surface area (TPSA) is 39.5 Å². The van der Waals surface area contributed by atoms with Crippen molar-refractivity contribution in [3.05, 3.63) is 131 Å². The van der Waals surface area contributed by atoms with E-state index in [1.807, 2.05) is 78.9 Å². The van der Waals surface area contributed by atoms with Gasteiger partial charge in [-0.15, -0.1) is 0 Å². The highest BCUT2D eigenvalue weighted by molar-refractivity contribution is 8.15. The Kier molecular flexibility index (Phi) is 6.29. The molecule has 5 rings (SSSR count). The number of thioether (sulfide) groups is 1. The maximum absolute atomic E-state index is 8.94. The molecule has 0 aliphatic carbocycles. The van der Waals surface area contributed by atoms with Crippen LogP contribution in [0.1, 0.15) is 17.2 Å². The van der Waals surface area contributed by atoms with Crippen molar-refractivity contribution in [1.29, 1.82) is 5.41 Å². The fraction of sp³-hybridized carbons (Fsp3) is 0.0714. The first-order chi connectivity index (χ1) is 16.2. The van der Waals surface area contributed by atoms with Gasteiger partial charge in [0.1, 0.15) is 0 Å². The van der Waals surface area contributed by atoms with Gasteiger partial charge < -0.3 is 4.90 Å². The van der Waals surface area contributed by atoms with Gasteiger partial charge in [-0.2, -0.15) is 0 Å². The van der Waals surface area contributed by atoms with Gasteiger partial charge in [-0.25, -0.2) is 0 Å². The van der Waals surface area contributed by atoms with Crippen LogP contribution >= 0.6 is 23.4 Å². The number of benzene rings is 4. The zero-order valence-corrected chi connectivity index (χ0v) is 19.4. The van der Waals surface area contributed by atoms with Crippen molar-refractivity contribution < 1.29 is 0 Å². The third-order valence-electron chi connectivity index (χ3n) is 5.61. The number of para-hydroxylation sites is 1. The quantitative estimate of drug-likeness (QED) is 0.304. The summed E-state index contributed by atoms with van der Waals surface area (Å²) in [7, 11) is 0. The van der Waals surface area contributed by atoms with Crippen LogP contribution in [0.4, 0.5) is 11.4 Å². The van der Waals surface area contributed by atoms with Crippen molar-refractivity contribution in [3.8, 4) is 0 Å². The summed E-state index contributed by atoms with van der Waals surface area (Å²) in [5.74, 6) is 0. The summed E-state index contributed by atoms with van der Waals surface area (Å²) in [4.78, 5) is 7.20. The van der Waals surface area contributed by atoms with Gasteiger partial charge in [-0.1, -0.05) is 102 Å². The van der Waals surface area contributed by atoms with Gasteiger partial charge in [-0.05, 0) is 47.5 Å². The first-order valence-electron chi connectivity index (χ1n) is 10.7. The van der Waals surface area contributed by atoms with Crippen LogP contribution in [0.2, 0.25) is 5.02 Å². The third kappa shape index (κ3) is 4.58. The predicted octanol–water partition coefficient (Wildman–Crippen LogP) is 7.76. The molecule has 0 saturated carbocycles. The Morgan fingerprint density at radius 3 is 1.97 bits per heavy atom. The Morgan fingerprint density at radius 2 is 1.33 bits per heavy atom. The van der Waals surface area contributed by atoms with E-state index < -0.39 is 0 Å². The molecular formula is C28H22ClN3S. The van der Waals surface area contributed by atoms with E-state index >= 15 is 0 Å². The number of nitrogens with zero attached hydrogens (tertiary/aromatic N) is 2. The maximum Gasteiger partial charge on any atom is 0.162 e. The molecule has 33 heavy (non-hydrogen) atoms. The van der Waals surface area contributed by atoms with E-state index in [1.165, 1.54) is 0 Å². The van der Waals surface area contributed by atoms with E-state index in [-0.39, 0.29) is 11.3 Å². The normalized spacial score (nSPS) is 18.5. The molecule has 0 bridgehead atoms. The van der Waals surface area contributed by atoms with Gasteiger partial charge in [0.25, 0.3) is 0 Å². The number of nitrogens with one attached hydrogen (secondary N) is 1. The first-order valence-corrected chi connectivity index (χ1v) is 12.0. The largest absolute Gasteiger partial charge is 0.312 e. The molecule has 1 aliphatic heterocycles. The fourth-order valence-corrected chi connectivity index (χ4v) is 5.51. The lowest BCUT2D eigenvalue weighted by atomic mass is 9.95. The van der Waals surface area contributed by atoms with Gasteiger partial charge >= 0.3 is 0 Å². The van der Waals surface area contributed by atoms with Crippen LogP contribution < -0.4 is 4.90 Å². The van der Waals surface area contributed by atoms with Crippen molar-refractivity contribution in [2.24, 2.45) is 4.99 Å². The highest BCUT2D eigenvalue weighted by Gasteiger charge is 2.43. The molecule has 4 aromatic carbocycles. The van der Waals surface area contributed by atoms with Crippen LogP contribution in [0.3, 0.4) is 0 Å². The number of halogens is 1. The highest BCUT2D eigenvalue weighted by atomic mass is 35.5. The van der Waals surface area contributed by atoms with Crippen molar-refractivity contribution in [1.82, 2.24) is 0 Å². The van der Waals surface area contributed by atoms with Gasteiger partial charge in [0.05, 0.1) is 22.7 Å². The molecule has 1 aliphatic rings.